The Kier molecular flexibility index (Phi) is 3.61. The SMILES string of the molecule is Cc1cc2cncn2c([C@H]2CCCCN2C(=O)c2cccs2)n1. The fourth-order valence-electron chi connectivity index (χ4n) is 3.30. The van der Waals surface area contributed by atoms with Crippen LogP contribution in [-0.2, 0) is 0 Å². The van der Waals surface area contributed by atoms with Crippen LogP contribution >= 0.6 is 11.3 Å². The molecular weight excluding hydrogens is 308 g/mol. The number of fused-ring (bicyclic) bond motifs is 1. The second kappa shape index (κ2) is 5.77. The molecule has 1 amide bonds. The number of carbonyl (C=O) groups is 1. The van der Waals surface area contributed by atoms with Crippen LogP contribution in [0.2, 0.25) is 0 Å². The molecule has 0 aliphatic carbocycles. The average molecular weight is 326 g/mol. The molecule has 0 saturated carbocycles. The van der Waals surface area contributed by atoms with Crippen molar-refractivity contribution in [3.63, 3.8) is 0 Å². The lowest BCUT2D eigenvalue weighted by Crippen LogP contribution is -2.39. The molecule has 6 heteroatoms. The molecule has 1 fully saturated rings. The van der Waals surface area contributed by atoms with Gasteiger partial charge in [-0.2, -0.15) is 0 Å². The minimum atomic E-state index is 0.00921. The Hall–Kier alpha value is -2.21. The first kappa shape index (κ1) is 14.4. The van der Waals surface area contributed by atoms with Crippen LogP contribution < -0.4 is 0 Å². The average Bonchev–Trinajstić information content (AvgIpc) is 3.24. The molecule has 0 unspecified atom stereocenters. The van der Waals surface area contributed by atoms with Crippen molar-refractivity contribution in [1.29, 1.82) is 0 Å². The zero-order chi connectivity index (χ0) is 15.8. The lowest BCUT2D eigenvalue weighted by atomic mass is 10.0. The van der Waals surface area contributed by atoms with Crippen molar-refractivity contribution in [3.05, 3.63) is 52.5 Å². The van der Waals surface area contributed by atoms with E-state index < -0.39 is 0 Å². The Balaban J connectivity index is 1.78. The van der Waals surface area contributed by atoms with Crippen LogP contribution in [0.4, 0.5) is 0 Å². The number of imidazole rings is 1. The Morgan fingerprint density at radius 3 is 3.13 bits per heavy atom. The predicted molar refractivity (Wildman–Crippen MR) is 89.7 cm³/mol. The number of thiophene rings is 1. The number of amides is 1. The van der Waals surface area contributed by atoms with Crippen molar-refractivity contribution in [3.8, 4) is 0 Å². The number of hydrogen-bond acceptors (Lipinski definition) is 4. The molecule has 0 aromatic carbocycles. The molecular formula is C17H18N4OS. The van der Waals surface area contributed by atoms with E-state index in [-0.39, 0.29) is 11.9 Å². The molecule has 1 aliphatic rings. The minimum absolute atomic E-state index is 0.00921. The molecule has 1 saturated heterocycles. The maximum Gasteiger partial charge on any atom is 0.264 e. The number of carbonyl (C=O) groups excluding carboxylic acids is 1. The highest BCUT2D eigenvalue weighted by Gasteiger charge is 2.31. The Morgan fingerprint density at radius 2 is 2.30 bits per heavy atom. The summed E-state index contributed by atoms with van der Waals surface area (Å²) in [5.74, 6) is 1.03. The van der Waals surface area contributed by atoms with Crippen molar-refractivity contribution < 1.29 is 4.79 Å². The molecule has 5 nitrogen and oxygen atoms in total. The van der Waals surface area contributed by atoms with Crippen molar-refractivity contribution >= 4 is 22.8 Å². The molecule has 0 bridgehead atoms. The summed E-state index contributed by atoms with van der Waals surface area (Å²) in [6.45, 7) is 2.78. The zero-order valence-corrected chi connectivity index (χ0v) is 13.8. The molecule has 118 valence electrons. The number of likely N-dealkylation sites (tertiary alicyclic amines) is 1. The highest BCUT2D eigenvalue weighted by molar-refractivity contribution is 7.12. The van der Waals surface area contributed by atoms with E-state index in [0.29, 0.717) is 0 Å². The first-order valence-corrected chi connectivity index (χ1v) is 8.76. The van der Waals surface area contributed by atoms with Crippen LogP contribution in [0, 0.1) is 6.92 Å². The number of nitrogens with zero attached hydrogens (tertiary/aromatic N) is 4. The summed E-state index contributed by atoms with van der Waals surface area (Å²) in [6.07, 6.45) is 6.74. The van der Waals surface area contributed by atoms with Gasteiger partial charge in [0.25, 0.3) is 5.91 Å². The monoisotopic (exact) mass is 326 g/mol. The number of hydrogen-bond donors (Lipinski definition) is 0. The van der Waals surface area contributed by atoms with Gasteiger partial charge < -0.3 is 4.90 Å². The quantitative estimate of drug-likeness (QED) is 0.724. The van der Waals surface area contributed by atoms with Gasteiger partial charge in [0.15, 0.2) is 0 Å². The third kappa shape index (κ3) is 2.53. The lowest BCUT2D eigenvalue weighted by molar-refractivity contribution is 0.0603. The van der Waals surface area contributed by atoms with Gasteiger partial charge in [0, 0.05) is 12.2 Å². The summed E-state index contributed by atoms with van der Waals surface area (Å²) < 4.78 is 2.01. The molecule has 4 rings (SSSR count). The third-order valence-corrected chi connectivity index (χ3v) is 5.21. The molecule has 0 N–H and O–H groups in total. The molecule has 0 spiro atoms. The van der Waals surface area contributed by atoms with Crippen LogP contribution in [0.25, 0.3) is 5.52 Å². The fraction of sp³-hybridized carbons (Fsp3) is 0.353. The van der Waals surface area contributed by atoms with Gasteiger partial charge in [-0.15, -0.1) is 11.3 Å². The van der Waals surface area contributed by atoms with E-state index in [1.165, 1.54) is 11.3 Å². The Labute approximate surface area is 138 Å². The van der Waals surface area contributed by atoms with Gasteiger partial charge in [0.2, 0.25) is 0 Å². The highest BCUT2D eigenvalue weighted by Crippen LogP contribution is 2.32. The smallest absolute Gasteiger partial charge is 0.264 e. The normalized spacial score (nSPS) is 18.5. The molecule has 4 heterocycles. The van der Waals surface area contributed by atoms with Gasteiger partial charge in [-0.25, -0.2) is 9.97 Å². The standard InChI is InChI=1S/C17H18N4OS/c1-12-9-13-10-18-11-21(13)16(19-12)14-5-2-3-7-20(14)17(22)15-6-4-8-23-15/h4,6,8-11,14H,2-3,5,7H2,1H3/t14-/m1/s1. The van der Waals surface area contributed by atoms with Gasteiger partial charge in [0.05, 0.1) is 22.6 Å². The minimum Gasteiger partial charge on any atom is -0.328 e. The molecule has 23 heavy (non-hydrogen) atoms. The Bertz CT molecular complexity index is 840. The largest absolute Gasteiger partial charge is 0.328 e. The number of rotatable bonds is 2. The van der Waals surface area contributed by atoms with Gasteiger partial charge in [-0.05, 0) is 43.7 Å². The van der Waals surface area contributed by atoms with Crippen LogP contribution in [0.3, 0.4) is 0 Å². The van der Waals surface area contributed by atoms with E-state index in [2.05, 4.69) is 4.98 Å². The van der Waals surface area contributed by atoms with Gasteiger partial charge in [-0.3, -0.25) is 9.20 Å². The molecule has 1 atom stereocenters. The second-order valence-corrected chi connectivity index (χ2v) is 6.88. The van der Waals surface area contributed by atoms with Gasteiger partial charge in [-0.1, -0.05) is 6.07 Å². The summed E-state index contributed by atoms with van der Waals surface area (Å²) in [7, 11) is 0. The third-order valence-electron chi connectivity index (χ3n) is 4.36. The predicted octanol–water partition coefficient (Wildman–Crippen LogP) is 3.47. The van der Waals surface area contributed by atoms with Crippen LogP contribution in [0.5, 0.6) is 0 Å². The molecule has 3 aromatic rings. The van der Waals surface area contributed by atoms with Crippen LogP contribution in [0.1, 0.15) is 46.5 Å². The Morgan fingerprint density at radius 1 is 1.39 bits per heavy atom. The summed E-state index contributed by atoms with van der Waals surface area (Å²) in [5, 5.41) is 1.95. The van der Waals surface area contributed by atoms with E-state index in [1.807, 2.05) is 46.0 Å². The second-order valence-electron chi connectivity index (χ2n) is 5.93. The maximum absolute atomic E-state index is 12.9. The van der Waals surface area contributed by atoms with Crippen molar-refractivity contribution in [2.75, 3.05) is 6.54 Å². The van der Waals surface area contributed by atoms with Crippen LogP contribution in [0.15, 0.2) is 36.1 Å². The van der Waals surface area contributed by atoms with Crippen LogP contribution in [-0.4, -0.2) is 31.7 Å². The van der Waals surface area contributed by atoms with E-state index in [1.54, 1.807) is 6.33 Å². The topological polar surface area (TPSA) is 50.5 Å². The zero-order valence-electron chi connectivity index (χ0n) is 13.0. The highest BCUT2D eigenvalue weighted by atomic mass is 32.1. The summed E-state index contributed by atoms with van der Waals surface area (Å²) in [6, 6.07) is 5.85. The van der Waals surface area contributed by atoms with Gasteiger partial charge >= 0.3 is 0 Å². The maximum atomic E-state index is 12.9. The van der Waals surface area contributed by atoms with E-state index in [0.717, 1.165) is 47.7 Å². The lowest BCUT2D eigenvalue weighted by Gasteiger charge is -2.35. The number of aromatic nitrogens is 3. The van der Waals surface area contributed by atoms with E-state index in [4.69, 9.17) is 4.98 Å². The number of aryl methyl sites for hydroxylation is 1. The fourth-order valence-corrected chi connectivity index (χ4v) is 3.98. The van der Waals surface area contributed by atoms with Crippen molar-refractivity contribution in [2.24, 2.45) is 0 Å². The van der Waals surface area contributed by atoms with Crippen molar-refractivity contribution in [1.82, 2.24) is 19.3 Å². The first-order chi connectivity index (χ1) is 11.2. The van der Waals surface area contributed by atoms with Gasteiger partial charge in [0.1, 0.15) is 12.2 Å². The number of piperidine rings is 1. The summed E-state index contributed by atoms with van der Waals surface area (Å²) in [5.41, 5.74) is 1.99. The summed E-state index contributed by atoms with van der Waals surface area (Å²) >= 11 is 1.50. The first-order valence-electron chi connectivity index (χ1n) is 7.88. The molecule has 1 aliphatic heterocycles. The summed E-state index contributed by atoms with van der Waals surface area (Å²) in [4.78, 5) is 24.7. The van der Waals surface area contributed by atoms with E-state index in [9.17, 15) is 4.79 Å². The molecule has 0 radical (unpaired) electrons. The van der Waals surface area contributed by atoms with E-state index >= 15 is 0 Å². The molecule has 3 aromatic heterocycles. The van der Waals surface area contributed by atoms with Crippen molar-refractivity contribution in [2.45, 2.75) is 32.2 Å².